The Balaban J connectivity index is 2.22. The highest BCUT2D eigenvalue weighted by Crippen LogP contribution is 2.26. The molecule has 0 saturated carbocycles. The van der Waals surface area contributed by atoms with Gasteiger partial charge in [0.2, 0.25) is 0 Å². The molecule has 0 heterocycles. The van der Waals surface area contributed by atoms with Gasteiger partial charge in [-0.25, -0.2) is 0 Å². The molecule has 0 fully saturated rings. The molecule has 0 atom stereocenters. The fourth-order valence-electron chi connectivity index (χ4n) is 1.43. The van der Waals surface area contributed by atoms with Crippen molar-refractivity contribution in [3.63, 3.8) is 0 Å². The molecule has 0 aliphatic rings. The molecule has 0 aromatic heterocycles. The summed E-state index contributed by atoms with van der Waals surface area (Å²) in [7, 11) is 1.65. The van der Waals surface area contributed by atoms with Gasteiger partial charge in [-0.15, -0.1) is 0 Å². The van der Waals surface area contributed by atoms with Crippen LogP contribution in [-0.4, -0.2) is 13.3 Å². The molecule has 0 radical (unpaired) electrons. The summed E-state index contributed by atoms with van der Waals surface area (Å²) in [4.78, 5) is 4.41. The number of methoxy groups -OCH3 is 1. The van der Waals surface area contributed by atoms with Gasteiger partial charge in [0.15, 0.2) is 0 Å². The molecule has 2 rings (SSSR count). The zero-order valence-electron chi connectivity index (χ0n) is 9.43. The molecule has 2 nitrogen and oxygen atoms in total. The van der Waals surface area contributed by atoms with Crippen LogP contribution in [0.5, 0.6) is 5.75 Å². The van der Waals surface area contributed by atoms with Crippen LogP contribution >= 0.6 is 15.9 Å². The molecule has 3 heteroatoms. The van der Waals surface area contributed by atoms with Crippen molar-refractivity contribution in [1.82, 2.24) is 0 Å². The first-order valence-electron chi connectivity index (χ1n) is 5.22. The van der Waals surface area contributed by atoms with Gasteiger partial charge in [0.1, 0.15) is 11.4 Å². The van der Waals surface area contributed by atoms with Gasteiger partial charge < -0.3 is 4.74 Å². The number of aliphatic imine (C=N–C) groups is 1. The van der Waals surface area contributed by atoms with Crippen LogP contribution in [0.25, 0.3) is 0 Å². The Labute approximate surface area is 109 Å². The monoisotopic (exact) mass is 289 g/mol. The Morgan fingerprint density at radius 3 is 2.47 bits per heavy atom. The first kappa shape index (κ1) is 11.9. The number of ether oxygens (including phenoxy) is 1. The van der Waals surface area contributed by atoms with E-state index in [1.54, 1.807) is 7.11 Å². The molecule has 86 valence electrons. The highest BCUT2D eigenvalue weighted by molar-refractivity contribution is 9.10. The van der Waals surface area contributed by atoms with Crippen molar-refractivity contribution < 1.29 is 4.74 Å². The minimum absolute atomic E-state index is 0.779. The first-order chi connectivity index (χ1) is 8.29. The van der Waals surface area contributed by atoms with E-state index in [2.05, 4.69) is 20.9 Å². The average Bonchev–Trinajstić information content (AvgIpc) is 2.38. The fraction of sp³-hybridized carbons (Fsp3) is 0.0714. The number of para-hydroxylation sites is 2. The predicted octanol–water partition coefficient (Wildman–Crippen LogP) is 4.21. The molecule has 0 N–H and O–H groups in total. The largest absolute Gasteiger partial charge is 0.494 e. The van der Waals surface area contributed by atoms with E-state index in [1.807, 2.05) is 54.7 Å². The van der Waals surface area contributed by atoms with Gasteiger partial charge >= 0.3 is 0 Å². The number of benzene rings is 2. The molecule has 2 aromatic carbocycles. The standard InChI is InChI=1S/C14H12BrNO/c1-17-14-5-3-2-4-13(14)16-10-11-6-8-12(15)9-7-11/h2-10H,1H3. The summed E-state index contributed by atoms with van der Waals surface area (Å²) in [5.74, 6) is 0.779. The lowest BCUT2D eigenvalue weighted by Crippen LogP contribution is -1.84. The summed E-state index contributed by atoms with van der Waals surface area (Å²) in [6.45, 7) is 0. The number of hydrogen-bond acceptors (Lipinski definition) is 2. The van der Waals surface area contributed by atoms with Gasteiger partial charge in [-0.1, -0.05) is 40.2 Å². The van der Waals surface area contributed by atoms with Crippen LogP contribution in [0.2, 0.25) is 0 Å². The Kier molecular flexibility index (Phi) is 3.94. The molecular formula is C14H12BrNO. The third-order valence-corrected chi connectivity index (χ3v) is 2.84. The average molecular weight is 290 g/mol. The summed E-state index contributed by atoms with van der Waals surface area (Å²) in [6, 6.07) is 15.7. The summed E-state index contributed by atoms with van der Waals surface area (Å²) in [5, 5.41) is 0. The normalized spacial score (nSPS) is 10.7. The lowest BCUT2D eigenvalue weighted by atomic mass is 10.2. The summed E-state index contributed by atoms with van der Waals surface area (Å²) in [5.41, 5.74) is 1.89. The maximum Gasteiger partial charge on any atom is 0.144 e. The molecule has 0 aliphatic heterocycles. The lowest BCUT2D eigenvalue weighted by molar-refractivity contribution is 0.416. The number of hydrogen-bond donors (Lipinski definition) is 0. The first-order valence-corrected chi connectivity index (χ1v) is 6.01. The molecule has 0 unspecified atom stereocenters. The van der Waals surface area contributed by atoms with Crippen LogP contribution < -0.4 is 4.74 Å². The van der Waals surface area contributed by atoms with Crippen molar-refractivity contribution >= 4 is 27.8 Å². The molecule has 0 amide bonds. The summed E-state index contributed by atoms with van der Waals surface area (Å²) < 4.78 is 6.29. The number of nitrogens with zero attached hydrogens (tertiary/aromatic N) is 1. The topological polar surface area (TPSA) is 21.6 Å². The van der Waals surface area contributed by atoms with Crippen molar-refractivity contribution in [2.24, 2.45) is 4.99 Å². The molecule has 0 spiro atoms. The van der Waals surface area contributed by atoms with Crippen LogP contribution in [0.4, 0.5) is 5.69 Å². The van der Waals surface area contributed by atoms with Gasteiger partial charge in [0, 0.05) is 10.7 Å². The van der Waals surface area contributed by atoms with Gasteiger partial charge in [-0.05, 0) is 29.8 Å². The SMILES string of the molecule is COc1ccccc1N=Cc1ccc(Br)cc1. The Morgan fingerprint density at radius 2 is 1.76 bits per heavy atom. The van der Waals surface area contributed by atoms with Crippen molar-refractivity contribution in [3.8, 4) is 5.75 Å². The van der Waals surface area contributed by atoms with Crippen LogP contribution in [-0.2, 0) is 0 Å². The lowest BCUT2D eigenvalue weighted by Gasteiger charge is -2.02. The van der Waals surface area contributed by atoms with Crippen LogP contribution in [0, 0.1) is 0 Å². The van der Waals surface area contributed by atoms with E-state index >= 15 is 0 Å². The maximum absolute atomic E-state index is 5.23. The molecule has 0 aliphatic carbocycles. The van der Waals surface area contributed by atoms with Gasteiger partial charge in [0.25, 0.3) is 0 Å². The maximum atomic E-state index is 5.23. The van der Waals surface area contributed by atoms with Crippen molar-refractivity contribution in [3.05, 3.63) is 58.6 Å². The quantitative estimate of drug-likeness (QED) is 0.776. The molecular weight excluding hydrogens is 278 g/mol. The third kappa shape index (κ3) is 3.17. The highest BCUT2D eigenvalue weighted by Gasteiger charge is 1.97. The molecule has 0 bridgehead atoms. The van der Waals surface area contributed by atoms with E-state index < -0.39 is 0 Å². The Bertz CT molecular complexity index is 520. The summed E-state index contributed by atoms with van der Waals surface area (Å²) in [6.07, 6.45) is 1.82. The van der Waals surface area contributed by atoms with E-state index in [0.717, 1.165) is 21.5 Å². The summed E-state index contributed by atoms with van der Waals surface area (Å²) >= 11 is 3.40. The van der Waals surface area contributed by atoms with Crippen LogP contribution in [0.1, 0.15) is 5.56 Å². The highest BCUT2D eigenvalue weighted by atomic mass is 79.9. The second kappa shape index (κ2) is 5.64. The second-order valence-electron chi connectivity index (χ2n) is 3.48. The Morgan fingerprint density at radius 1 is 1.06 bits per heavy atom. The van der Waals surface area contributed by atoms with Crippen molar-refractivity contribution in [2.75, 3.05) is 7.11 Å². The predicted molar refractivity (Wildman–Crippen MR) is 74.4 cm³/mol. The van der Waals surface area contributed by atoms with Crippen molar-refractivity contribution in [1.29, 1.82) is 0 Å². The second-order valence-corrected chi connectivity index (χ2v) is 4.40. The zero-order chi connectivity index (χ0) is 12.1. The minimum atomic E-state index is 0.779. The van der Waals surface area contributed by atoms with Crippen molar-refractivity contribution in [2.45, 2.75) is 0 Å². The van der Waals surface area contributed by atoms with Crippen LogP contribution in [0.15, 0.2) is 58.0 Å². The van der Waals surface area contributed by atoms with E-state index in [4.69, 9.17) is 4.74 Å². The molecule has 0 saturated heterocycles. The van der Waals surface area contributed by atoms with E-state index in [-0.39, 0.29) is 0 Å². The third-order valence-electron chi connectivity index (χ3n) is 2.31. The number of rotatable bonds is 3. The minimum Gasteiger partial charge on any atom is -0.494 e. The van der Waals surface area contributed by atoms with E-state index in [1.165, 1.54) is 0 Å². The number of halogens is 1. The van der Waals surface area contributed by atoms with Gasteiger partial charge in [-0.3, -0.25) is 4.99 Å². The van der Waals surface area contributed by atoms with E-state index in [9.17, 15) is 0 Å². The zero-order valence-corrected chi connectivity index (χ0v) is 11.0. The van der Waals surface area contributed by atoms with Crippen LogP contribution in [0.3, 0.4) is 0 Å². The molecule has 17 heavy (non-hydrogen) atoms. The van der Waals surface area contributed by atoms with Gasteiger partial charge in [-0.2, -0.15) is 0 Å². The smallest absolute Gasteiger partial charge is 0.144 e. The Hall–Kier alpha value is -1.61. The fourth-order valence-corrected chi connectivity index (χ4v) is 1.69. The van der Waals surface area contributed by atoms with E-state index in [0.29, 0.717) is 0 Å². The molecule has 2 aromatic rings. The van der Waals surface area contributed by atoms with Gasteiger partial charge in [0.05, 0.1) is 7.11 Å².